The van der Waals surface area contributed by atoms with Crippen molar-refractivity contribution >= 4 is 17.4 Å². The summed E-state index contributed by atoms with van der Waals surface area (Å²) >= 11 is 1.56. The second-order valence-electron chi connectivity index (χ2n) is 5.52. The van der Waals surface area contributed by atoms with E-state index in [0.29, 0.717) is 13.0 Å². The van der Waals surface area contributed by atoms with Crippen LogP contribution in [0.5, 0.6) is 0 Å². The molecule has 0 spiro atoms. The number of thiazole rings is 1. The Morgan fingerprint density at radius 2 is 2.21 bits per heavy atom. The van der Waals surface area contributed by atoms with E-state index in [2.05, 4.69) is 36.4 Å². The van der Waals surface area contributed by atoms with E-state index in [1.54, 1.807) is 11.3 Å². The van der Waals surface area contributed by atoms with Crippen molar-refractivity contribution in [2.24, 2.45) is 0 Å². The zero-order valence-electron chi connectivity index (χ0n) is 12.0. The highest BCUT2D eigenvalue weighted by atomic mass is 32.1. The maximum absolute atomic E-state index is 11.6. The minimum absolute atomic E-state index is 0.0256. The molecule has 0 aliphatic rings. The molecule has 0 bridgehead atoms. The van der Waals surface area contributed by atoms with E-state index in [1.807, 2.05) is 12.3 Å². The molecule has 1 aromatic rings. The summed E-state index contributed by atoms with van der Waals surface area (Å²) in [7, 11) is 0. The van der Waals surface area contributed by atoms with Crippen LogP contribution in [0.1, 0.15) is 50.9 Å². The van der Waals surface area contributed by atoms with Crippen LogP contribution in [0.25, 0.3) is 0 Å². The lowest BCUT2D eigenvalue weighted by Crippen LogP contribution is -2.37. The monoisotopic (exact) mass is 285 g/mol. The van der Waals surface area contributed by atoms with Crippen LogP contribution in [0.2, 0.25) is 0 Å². The van der Waals surface area contributed by atoms with Gasteiger partial charge in [-0.25, -0.2) is 9.78 Å². The molecule has 0 radical (unpaired) electrons. The smallest absolute Gasteiger partial charge is 0.315 e. The summed E-state index contributed by atoms with van der Waals surface area (Å²) in [4.78, 5) is 16.1. The van der Waals surface area contributed by atoms with E-state index >= 15 is 0 Å². The Morgan fingerprint density at radius 1 is 1.53 bits per heavy atom. The molecule has 0 saturated heterocycles. The summed E-state index contributed by atoms with van der Waals surface area (Å²) in [5.41, 5.74) is 1.07. The summed E-state index contributed by atoms with van der Waals surface area (Å²) in [5.74, 6) is 0. The number of hydrogen-bond acceptors (Lipinski definition) is 4. The van der Waals surface area contributed by atoms with Gasteiger partial charge < -0.3 is 15.7 Å². The van der Waals surface area contributed by atoms with Crippen LogP contribution in [0.3, 0.4) is 0 Å². The van der Waals surface area contributed by atoms with E-state index in [1.165, 1.54) is 0 Å². The number of rotatable bonds is 5. The topological polar surface area (TPSA) is 74.2 Å². The fourth-order valence-electron chi connectivity index (χ4n) is 1.42. The minimum atomic E-state index is -0.228. The Balaban J connectivity index is 2.51. The quantitative estimate of drug-likeness (QED) is 0.726. The summed E-state index contributed by atoms with van der Waals surface area (Å²) in [6, 6.07) is -0.344. The fourth-order valence-corrected chi connectivity index (χ4v) is 2.47. The van der Waals surface area contributed by atoms with Gasteiger partial charge in [-0.1, -0.05) is 20.8 Å². The van der Waals surface area contributed by atoms with E-state index in [9.17, 15) is 4.79 Å². The lowest BCUT2D eigenvalue weighted by atomic mass is 9.93. The predicted molar refractivity (Wildman–Crippen MR) is 77.5 cm³/mol. The lowest BCUT2D eigenvalue weighted by molar-refractivity contribution is 0.235. The molecule has 108 valence electrons. The first kappa shape index (κ1) is 15.9. The van der Waals surface area contributed by atoms with Gasteiger partial charge in [-0.2, -0.15) is 0 Å². The molecule has 1 atom stereocenters. The van der Waals surface area contributed by atoms with Crippen molar-refractivity contribution in [2.45, 2.75) is 45.6 Å². The molecule has 5 nitrogen and oxygen atoms in total. The Labute approximate surface area is 118 Å². The van der Waals surface area contributed by atoms with Crippen LogP contribution in [0, 0.1) is 0 Å². The van der Waals surface area contributed by atoms with Crippen molar-refractivity contribution in [2.75, 3.05) is 13.2 Å². The molecule has 3 N–H and O–H groups in total. The number of nitrogens with zero attached hydrogens (tertiary/aromatic N) is 1. The fraction of sp³-hybridized carbons (Fsp3) is 0.692. The van der Waals surface area contributed by atoms with E-state index < -0.39 is 0 Å². The molecule has 0 aromatic carbocycles. The maximum atomic E-state index is 11.6. The Kier molecular flexibility index (Phi) is 5.75. The van der Waals surface area contributed by atoms with Crippen LogP contribution in [0.4, 0.5) is 4.79 Å². The first-order chi connectivity index (χ1) is 8.84. The molecular weight excluding hydrogens is 262 g/mol. The van der Waals surface area contributed by atoms with Crippen molar-refractivity contribution in [1.29, 1.82) is 0 Å². The Morgan fingerprint density at radius 3 is 2.74 bits per heavy atom. The van der Waals surface area contributed by atoms with Gasteiger partial charge in [0.25, 0.3) is 0 Å². The molecule has 0 aliphatic heterocycles. The van der Waals surface area contributed by atoms with Crippen LogP contribution in [-0.4, -0.2) is 29.3 Å². The molecule has 1 unspecified atom stereocenters. The third-order valence-corrected chi connectivity index (χ3v) is 3.66. The second kappa shape index (κ2) is 6.86. The zero-order chi connectivity index (χ0) is 14.5. The van der Waals surface area contributed by atoms with Gasteiger partial charge in [0.15, 0.2) is 0 Å². The van der Waals surface area contributed by atoms with Gasteiger partial charge in [0, 0.05) is 23.9 Å². The highest BCUT2D eigenvalue weighted by molar-refractivity contribution is 7.09. The standard InChI is InChI=1S/C13H23N3O2S/c1-9(15-12(18)14-6-5-7-17)11-16-10(8-19-11)13(2,3)4/h8-9,17H,5-7H2,1-4H3,(H2,14,15,18). The molecule has 0 aliphatic carbocycles. The molecule has 19 heavy (non-hydrogen) atoms. The number of nitrogens with one attached hydrogen (secondary N) is 2. The number of aliphatic hydroxyl groups excluding tert-OH is 1. The SMILES string of the molecule is CC(NC(=O)NCCCO)c1nc(C(C)(C)C)cs1. The number of amides is 2. The molecular formula is C13H23N3O2S. The molecule has 1 aromatic heterocycles. The largest absolute Gasteiger partial charge is 0.396 e. The van der Waals surface area contributed by atoms with Crippen LogP contribution < -0.4 is 10.6 Å². The Hall–Kier alpha value is -1.14. The average Bonchev–Trinajstić information content (AvgIpc) is 2.78. The molecule has 1 heterocycles. The summed E-state index contributed by atoms with van der Waals surface area (Å²) in [6.45, 7) is 8.82. The van der Waals surface area contributed by atoms with E-state index in [0.717, 1.165) is 10.7 Å². The predicted octanol–water partition coefficient (Wildman–Crippen LogP) is 2.18. The number of aromatic nitrogens is 1. The first-order valence-corrected chi connectivity index (χ1v) is 7.33. The van der Waals surface area contributed by atoms with Gasteiger partial charge in [0.1, 0.15) is 5.01 Å². The maximum Gasteiger partial charge on any atom is 0.315 e. The summed E-state index contributed by atoms with van der Waals surface area (Å²) in [5, 5.41) is 17.1. The normalized spacial score (nSPS) is 13.1. The molecule has 0 fully saturated rings. The van der Waals surface area contributed by atoms with Crippen molar-refractivity contribution < 1.29 is 9.90 Å². The van der Waals surface area contributed by atoms with Crippen LogP contribution in [0.15, 0.2) is 5.38 Å². The van der Waals surface area contributed by atoms with Gasteiger partial charge in [-0.3, -0.25) is 0 Å². The molecule has 6 heteroatoms. The lowest BCUT2D eigenvalue weighted by Gasteiger charge is -2.15. The third-order valence-electron chi connectivity index (χ3n) is 2.63. The summed E-state index contributed by atoms with van der Waals surface area (Å²) < 4.78 is 0. The number of urea groups is 1. The number of aliphatic hydroxyl groups is 1. The van der Waals surface area contributed by atoms with Gasteiger partial charge in [0.2, 0.25) is 0 Å². The van der Waals surface area contributed by atoms with Crippen LogP contribution in [-0.2, 0) is 5.41 Å². The van der Waals surface area contributed by atoms with Crippen molar-refractivity contribution in [3.05, 3.63) is 16.1 Å². The number of carbonyl (C=O) groups is 1. The van der Waals surface area contributed by atoms with Crippen molar-refractivity contribution in [1.82, 2.24) is 15.6 Å². The molecule has 0 saturated carbocycles. The first-order valence-electron chi connectivity index (χ1n) is 6.45. The van der Waals surface area contributed by atoms with Gasteiger partial charge in [-0.05, 0) is 13.3 Å². The minimum Gasteiger partial charge on any atom is -0.396 e. The molecule has 1 rings (SSSR count). The zero-order valence-corrected chi connectivity index (χ0v) is 12.8. The Bertz CT molecular complexity index is 412. The number of hydrogen-bond donors (Lipinski definition) is 3. The van der Waals surface area contributed by atoms with Gasteiger partial charge in [0.05, 0.1) is 11.7 Å². The third kappa shape index (κ3) is 5.16. The van der Waals surface area contributed by atoms with Crippen molar-refractivity contribution in [3.8, 4) is 0 Å². The number of carbonyl (C=O) groups excluding carboxylic acids is 1. The van der Waals surface area contributed by atoms with Crippen LogP contribution >= 0.6 is 11.3 Å². The summed E-state index contributed by atoms with van der Waals surface area (Å²) in [6.07, 6.45) is 0.563. The highest BCUT2D eigenvalue weighted by Crippen LogP contribution is 2.26. The second-order valence-corrected chi connectivity index (χ2v) is 6.41. The average molecular weight is 285 g/mol. The van der Waals surface area contributed by atoms with E-state index in [4.69, 9.17) is 5.11 Å². The highest BCUT2D eigenvalue weighted by Gasteiger charge is 2.20. The van der Waals surface area contributed by atoms with E-state index in [-0.39, 0.29) is 24.1 Å². The van der Waals surface area contributed by atoms with Gasteiger partial charge in [-0.15, -0.1) is 11.3 Å². The van der Waals surface area contributed by atoms with Crippen molar-refractivity contribution in [3.63, 3.8) is 0 Å². The molecule has 2 amide bonds. The van der Waals surface area contributed by atoms with Gasteiger partial charge >= 0.3 is 6.03 Å².